The van der Waals surface area contributed by atoms with Crippen molar-refractivity contribution in [3.05, 3.63) is 12.2 Å². The van der Waals surface area contributed by atoms with Crippen LogP contribution >= 0.6 is 0 Å². The molecule has 0 aromatic carbocycles. The van der Waals surface area contributed by atoms with Gasteiger partial charge in [0, 0.05) is 5.41 Å². The van der Waals surface area contributed by atoms with E-state index in [1.807, 2.05) is 0 Å². The van der Waals surface area contributed by atoms with Crippen LogP contribution in [0.25, 0.3) is 0 Å². The minimum atomic E-state index is 0.179. The Morgan fingerprint density at radius 1 is 1.60 bits per heavy atom. The fraction of sp³-hybridized carbons (Fsp3) is 0.778. The molecular formula is C9H16O. The first-order valence-corrected chi connectivity index (χ1v) is 3.85. The molecule has 0 saturated carbocycles. The summed E-state index contributed by atoms with van der Waals surface area (Å²) in [5.74, 6) is 0. The minimum absolute atomic E-state index is 0.179. The van der Waals surface area contributed by atoms with E-state index >= 15 is 0 Å². The van der Waals surface area contributed by atoms with Crippen molar-refractivity contribution in [2.24, 2.45) is 5.41 Å². The highest BCUT2D eigenvalue weighted by Crippen LogP contribution is 2.36. The molecule has 1 heterocycles. The maximum Gasteiger partial charge on any atom is 0.0635 e. The van der Waals surface area contributed by atoms with E-state index in [9.17, 15) is 0 Å². The zero-order valence-electron chi connectivity index (χ0n) is 7.11. The molecule has 1 atom stereocenters. The largest absolute Gasteiger partial charge is 0.377 e. The molecule has 0 spiro atoms. The Balaban J connectivity index is 2.73. The van der Waals surface area contributed by atoms with Crippen LogP contribution < -0.4 is 0 Å². The highest BCUT2D eigenvalue weighted by Gasteiger charge is 2.32. The SMILES string of the molecule is C=C1CCOC(C)C1(C)C. The summed E-state index contributed by atoms with van der Waals surface area (Å²) < 4.78 is 5.50. The summed E-state index contributed by atoms with van der Waals surface area (Å²) in [6.07, 6.45) is 1.35. The molecule has 0 aliphatic carbocycles. The Morgan fingerprint density at radius 2 is 2.20 bits per heavy atom. The zero-order valence-corrected chi connectivity index (χ0v) is 7.11. The van der Waals surface area contributed by atoms with E-state index in [4.69, 9.17) is 4.74 Å². The molecule has 1 fully saturated rings. The molecule has 1 saturated heterocycles. The molecule has 1 rings (SSSR count). The van der Waals surface area contributed by atoms with Gasteiger partial charge in [-0.15, -0.1) is 0 Å². The molecule has 0 amide bonds. The normalized spacial score (nSPS) is 32.3. The van der Waals surface area contributed by atoms with E-state index in [0.717, 1.165) is 13.0 Å². The highest BCUT2D eigenvalue weighted by molar-refractivity contribution is 5.11. The third-order valence-electron chi connectivity index (χ3n) is 2.70. The lowest BCUT2D eigenvalue weighted by atomic mass is 9.77. The van der Waals surface area contributed by atoms with Gasteiger partial charge in [-0.2, -0.15) is 0 Å². The second-order valence-corrected chi connectivity index (χ2v) is 3.59. The summed E-state index contributed by atoms with van der Waals surface area (Å²) >= 11 is 0. The number of rotatable bonds is 0. The molecule has 1 nitrogen and oxygen atoms in total. The lowest BCUT2D eigenvalue weighted by Gasteiger charge is -2.38. The number of hydrogen-bond donors (Lipinski definition) is 0. The fourth-order valence-corrected chi connectivity index (χ4v) is 1.18. The van der Waals surface area contributed by atoms with E-state index in [2.05, 4.69) is 27.4 Å². The minimum Gasteiger partial charge on any atom is -0.377 e. The average Bonchev–Trinajstić information content (AvgIpc) is 1.84. The molecule has 58 valence electrons. The van der Waals surface area contributed by atoms with Gasteiger partial charge < -0.3 is 4.74 Å². The van der Waals surface area contributed by atoms with Crippen molar-refractivity contribution in [2.75, 3.05) is 6.61 Å². The average molecular weight is 140 g/mol. The number of ether oxygens (including phenoxy) is 1. The van der Waals surface area contributed by atoms with Crippen molar-refractivity contribution in [1.29, 1.82) is 0 Å². The van der Waals surface area contributed by atoms with E-state index in [1.165, 1.54) is 5.57 Å². The number of hydrogen-bond acceptors (Lipinski definition) is 1. The van der Waals surface area contributed by atoms with Gasteiger partial charge in [-0.05, 0) is 13.3 Å². The summed E-state index contributed by atoms with van der Waals surface area (Å²) in [5.41, 5.74) is 1.50. The lowest BCUT2D eigenvalue weighted by Crippen LogP contribution is -2.35. The smallest absolute Gasteiger partial charge is 0.0635 e. The molecule has 0 radical (unpaired) electrons. The van der Waals surface area contributed by atoms with Gasteiger partial charge in [-0.3, -0.25) is 0 Å². The van der Waals surface area contributed by atoms with Crippen LogP contribution in [0.4, 0.5) is 0 Å². The quantitative estimate of drug-likeness (QED) is 0.469. The Kier molecular flexibility index (Phi) is 1.86. The van der Waals surface area contributed by atoms with Gasteiger partial charge in [0.05, 0.1) is 12.7 Å². The van der Waals surface area contributed by atoms with Crippen LogP contribution in [0.15, 0.2) is 12.2 Å². The summed E-state index contributed by atoms with van der Waals surface area (Å²) in [7, 11) is 0. The Bertz CT molecular complexity index is 147. The molecule has 0 aromatic rings. The van der Waals surface area contributed by atoms with Crippen LogP contribution in [-0.2, 0) is 4.74 Å². The maximum atomic E-state index is 5.50. The molecule has 0 bridgehead atoms. The van der Waals surface area contributed by atoms with Gasteiger partial charge >= 0.3 is 0 Å². The first-order chi connectivity index (χ1) is 4.55. The molecule has 1 aliphatic heterocycles. The summed E-state index contributed by atoms with van der Waals surface area (Å²) in [6.45, 7) is 11.4. The van der Waals surface area contributed by atoms with Gasteiger partial charge in [0.25, 0.3) is 0 Å². The molecule has 1 unspecified atom stereocenters. The van der Waals surface area contributed by atoms with Crippen molar-refractivity contribution in [3.8, 4) is 0 Å². The molecule has 0 aromatic heterocycles. The topological polar surface area (TPSA) is 9.23 Å². The third kappa shape index (κ3) is 1.10. The van der Waals surface area contributed by atoms with Crippen molar-refractivity contribution in [3.63, 3.8) is 0 Å². The van der Waals surface area contributed by atoms with Gasteiger partial charge in [0.1, 0.15) is 0 Å². The fourth-order valence-electron chi connectivity index (χ4n) is 1.18. The predicted molar refractivity (Wildman–Crippen MR) is 43.0 cm³/mol. The highest BCUT2D eigenvalue weighted by atomic mass is 16.5. The van der Waals surface area contributed by atoms with Crippen molar-refractivity contribution in [2.45, 2.75) is 33.3 Å². The molecule has 10 heavy (non-hydrogen) atoms. The van der Waals surface area contributed by atoms with E-state index in [1.54, 1.807) is 0 Å². The Morgan fingerprint density at radius 3 is 2.60 bits per heavy atom. The van der Waals surface area contributed by atoms with Crippen LogP contribution in [-0.4, -0.2) is 12.7 Å². The van der Waals surface area contributed by atoms with Gasteiger partial charge in [-0.25, -0.2) is 0 Å². The summed E-state index contributed by atoms with van der Waals surface area (Å²) in [4.78, 5) is 0. The zero-order chi connectivity index (χ0) is 7.78. The lowest BCUT2D eigenvalue weighted by molar-refractivity contribution is -0.0232. The second kappa shape index (κ2) is 2.39. The van der Waals surface area contributed by atoms with Crippen LogP contribution in [0.1, 0.15) is 27.2 Å². The molecular weight excluding hydrogens is 124 g/mol. The van der Waals surface area contributed by atoms with Crippen LogP contribution in [0.3, 0.4) is 0 Å². The first kappa shape index (κ1) is 7.80. The summed E-state index contributed by atoms with van der Waals surface area (Å²) in [6, 6.07) is 0. The maximum absolute atomic E-state index is 5.50. The monoisotopic (exact) mass is 140 g/mol. The van der Waals surface area contributed by atoms with Gasteiger partial charge in [0.15, 0.2) is 0 Å². The van der Waals surface area contributed by atoms with Crippen molar-refractivity contribution < 1.29 is 4.74 Å². The standard InChI is InChI=1S/C9H16O/c1-7-5-6-10-8(2)9(7,3)4/h8H,1,5-6H2,2-4H3. The van der Waals surface area contributed by atoms with Gasteiger partial charge in [-0.1, -0.05) is 26.0 Å². The summed E-state index contributed by atoms with van der Waals surface area (Å²) in [5, 5.41) is 0. The van der Waals surface area contributed by atoms with Crippen molar-refractivity contribution in [1.82, 2.24) is 0 Å². The predicted octanol–water partition coefficient (Wildman–Crippen LogP) is 2.38. The van der Waals surface area contributed by atoms with Crippen LogP contribution in [0.2, 0.25) is 0 Å². The molecule has 0 N–H and O–H groups in total. The third-order valence-corrected chi connectivity index (χ3v) is 2.70. The molecule has 1 heteroatoms. The van der Waals surface area contributed by atoms with Gasteiger partial charge in [0.2, 0.25) is 0 Å². The second-order valence-electron chi connectivity index (χ2n) is 3.59. The van der Waals surface area contributed by atoms with E-state index in [0.29, 0.717) is 6.10 Å². The van der Waals surface area contributed by atoms with E-state index in [-0.39, 0.29) is 5.41 Å². The Labute approximate surface area is 63.1 Å². The van der Waals surface area contributed by atoms with Crippen molar-refractivity contribution >= 4 is 0 Å². The van der Waals surface area contributed by atoms with E-state index < -0.39 is 0 Å². The van der Waals surface area contributed by atoms with Crippen LogP contribution in [0, 0.1) is 5.41 Å². The first-order valence-electron chi connectivity index (χ1n) is 3.85. The molecule has 1 aliphatic rings. The van der Waals surface area contributed by atoms with Crippen LogP contribution in [0.5, 0.6) is 0 Å². The Hall–Kier alpha value is -0.300.